The van der Waals surface area contributed by atoms with Crippen molar-refractivity contribution in [3.8, 4) is 28.7 Å². The number of methoxy groups -OCH3 is 2. The number of fused-ring (bicyclic) bond motifs is 1. The van der Waals surface area contributed by atoms with E-state index in [0.717, 1.165) is 16.5 Å². The lowest BCUT2D eigenvalue weighted by Gasteiger charge is -2.17. The van der Waals surface area contributed by atoms with Gasteiger partial charge in [-0.2, -0.15) is 0 Å². The number of aromatic hydroxyl groups is 1. The van der Waals surface area contributed by atoms with Gasteiger partial charge >= 0.3 is 0 Å². The molecule has 1 N–H and O–H groups in total. The number of aromatic nitrogens is 1. The maximum absolute atomic E-state index is 10.6. The average Bonchev–Trinajstić information content (AvgIpc) is 2.74. The molecular weight excluding hydrogens is 418 g/mol. The highest BCUT2D eigenvalue weighted by Gasteiger charge is 2.16. The molecular formula is C24H30ClNO5. The van der Waals surface area contributed by atoms with Gasteiger partial charge in [0.05, 0.1) is 27.4 Å². The molecule has 31 heavy (non-hydrogen) atoms. The van der Waals surface area contributed by atoms with E-state index in [9.17, 15) is 5.11 Å². The van der Waals surface area contributed by atoms with Crippen LogP contribution in [0.15, 0.2) is 36.7 Å². The zero-order valence-corrected chi connectivity index (χ0v) is 19.4. The highest BCUT2D eigenvalue weighted by atomic mass is 35.5. The predicted octanol–water partition coefficient (Wildman–Crippen LogP) is 5.40. The maximum Gasteiger partial charge on any atom is 0.203 e. The molecule has 7 heteroatoms. The summed E-state index contributed by atoms with van der Waals surface area (Å²) >= 11 is 0. The van der Waals surface area contributed by atoms with E-state index in [1.807, 2.05) is 31.3 Å². The molecule has 0 aliphatic heterocycles. The summed E-state index contributed by atoms with van der Waals surface area (Å²) in [6.45, 7) is 7.13. The molecule has 0 fully saturated rings. The summed E-state index contributed by atoms with van der Waals surface area (Å²) in [6, 6.07) is 7.65. The molecule has 0 saturated heterocycles. The van der Waals surface area contributed by atoms with Crippen LogP contribution in [0.3, 0.4) is 0 Å². The van der Waals surface area contributed by atoms with Crippen LogP contribution in [-0.4, -0.2) is 37.5 Å². The Morgan fingerprint density at radius 3 is 2.32 bits per heavy atom. The molecule has 0 atom stereocenters. The fourth-order valence-corrected chi connectivity index (χ4v) is 3.35. The van der Waals surface area contributed by atoms with Crippen molar-refractivity contribution in [3.05, 3.63) is 47.8 Å². The molecule has 1 heterocycles. The summed E-state index contributed by atoms with van der Waals surface area (Å²) in [5.41, 5.74) is 1.97. The van der Waals surface area contributed by atoms with E-state index in [4.69, 9.17) is 18.9 Å². The Hall–Kier alpha value is -2.86. The first-order valence-electron chi connectivity index (χ1n) is 10.1. The quantitative estimate of drug-likeness (QED) is 0.473. The maximum atomic E-state index is 10.6. The molecule has 0 aliphatic carbocycles. The standard InChI is InChI=1S/C24H29NO5.ClH/c1-6-29-20-8-7-18-17(12-25-13-19(18)23(20)26)9-16-10-21(27-4)24(28-5)22(11-16)30-14-15(2)3;/h7-8,10-13,15,26H,6,9,14H2,1-5H3;1H. The lowest BCUT2D eigenvalue weighted by molar-refractivity contribution is 0.251. The van der Waals surface area contributed by atoms with E-state index in [2.05, 4.69) is 18.8 Å². The van der Waals surface area contributed by atoms with Crippen LogP contribution >= 0.6 is 12.4 Å². The Bertz CT molecular complexity index is 1020. The van der Waals surface area contributed by atoms with Crippen LogP contribution in [0.2, 0.25) is 0 Å². The molecule has 0 spiro atoms. The third-order valence-electron chi connectivity index (χ3n) is 4.73. The third-order valence-corrected chi connectivity index (χ3v) is 4.73. The molecule has 0 amide bonds. The average molecular weight is 448 g/mol. The van der Waals surface area contributed by atoms with Gasteiger partial charge in [-0.1, -0.05) is 19.9 Å². The van der Waals surface area contributed by atoms with Gasteiger partial charge in [0, 0.05) is 17.8 Å². The largest absolute Gasteiger partial charge is 0.504 e. The Morgan fingerprint density at radius 2 is 1.68 bits per heavy atom. The van der Waals surface area contributed by atoms with Gasteiger partial charge in [-0.3, -0.25) is 4.98 Å². The second-order valence-corrected chi connectivity index (χ2v) is 7.45. The number of pyridine rings is 1. The number of rotatable bonds is 9. The van der Waals surface area contributed by atoms with Crippen molar-refractivity contribution in [3.63, 3.8) is 0 Å². The minimum absolute atomic E-state index is 0. The van der Waals surface area contributed by atoms with Crippen LogP contribution in [0.25, 0.3) is 10.8 Å². The highest BCUT2D eigenvalue weighted by molar-refractivity contribution is 5.92. The second kappa shape index (κ2) is 11.0. The summed E-state index contributed by atoms with van der Waals surface area (Å²) in [7, 11) is 3.22. The lowest BCUT2D eigenvalue weighted by atomic mass is 9.99. The number of nitrogens with zero attached hydrogens (tertiary/aromatic N) is 1. The van der Waals surface area contributed by atoms with Crippen LogP contribution in [-0.2, 0) is 6.42 Å². The van der Waals surface area contributed by atoms with Crippen LogP contribution in [0, 0.1) is 5.92 Å². The van der Waals surface area contributed by atoms with Crippen molar-refractivity contribution >= 4 is 23.2 Å². The SMILES string of the molecule is CCOc1ccc2c(Cc3cc(OC)c(OC)c(OCC(C)C)c3)cncc2c1O.Cl. The normalized spacial score (nSPS) is 10.6. The van der Waals surface area contributed by atoms with Gasteiger partial charge in [0.2, 0.25) is 5.75 Å². The molecule has 0 bridgehead atoms. The molecule has 1 aromatic heterocycles. The fraction of sp³-hybridized carbons (Fsp3) is 0.375. The van der Waals surface area contributed by atoms with Crippen LogP contribution in [0.4, 0.5) is 0 Å². The van der Waals surface area contributed by atoms with Gasteiger partial charge in [0.25, 0.3) is 0 Å². The van der Waals surface area contributed by atoms with Crippen LogP contribution in [0.1, 0.15) is 31.9 Å². The summed E-state index contributed by atoms with van der Waals surface area (Å²) < 4.78 is 22.5. The summed E-state index contributed by atoms with van der Waals surface area (Å²) in [5, 5.41) is 12.2. The van der Waals surface area contributed by atoms with E-state index in [0.29, 0.717) is 53.9 Å². The highest BCUT2D eigenvalue weighted by Crippen LogP contribution is 2.40. The molecule has 2 aromatic carbocycles. The molecule has 6 nitrogen and oxygen atoms in total. The first-order chi connectivity index (χ1) is 14.5. The van der Waals surface area contributed by atoms with E-state index in [1.165, 1.54) is 0 Å². The van der Waals surface area contributed by atoms with Gasteiger partial charge in [-0.25, -0.2) is 0 Å². The van der Waals surface area contributed by atoms with Gasteiger partial charge in [-0.05, 0) is 54.0 Å². The summed E-state index contributed by atoms with van der Waals surface area (Å²) in [4.78, 5) is 4.33. The number of phenolic OH excluding ortho intramolecular Hbond substituents is 1. The number of halogens is 1. The Morgan fingerprint density at radius 1 is 0.935 bits per heavy atom. The molecule has 0 saturated carbocycles. The molecule has 0 radical (unpaired) electrons. The van der Waals surface area contributed by atoms with Crippen molar-refractivity contribution in [1.82, 2.24) is 4.98 Å². The number of benzene rings is 2. The second-order valence-electron chi connectivity index (χ2n) is 7.45. The van der Waals surface area contributed by atoms with E-state index < -0.39 is 0 Å². The summed E-state index contributed by atoms with van der Waals surface area (Å²) in [5.74, 6) is 2.79. The lowest BCUT2D eigenvalue weighted by Crippen LogP contribution is -2.07. The first-order valence-corrected chi connectivity index (χ1v) is 10.1. The van der Waals surface area contributed by atoms with E-state index in [1.54, 1.807) is 26.5 Å². The Kier molecular flexibility index (Phi) is 8.63. The Balaban J connectivity index is 0.00000341. The predicted molar refractivity (Wildman–Crippen MR) is 125 cm³/mol. The molecule has 3 aromatic rings. The number of hydrogen-bond acceptors (Lipinski definition) is 6. The van der Waals surface area contributed by atoms with Crippen LogP contribution in [0.5, 0.6) is 28.7 Å². The van der Waals surface area contributed by atoms with Gasteiger partial charge in [0.1, 0.15) is 0 Å². The van der Waals surface area contributed by atoms with Gasteiger partial charge < -0.3 is 24.1 Å². The van der Waals surface area contributed by atoms with E-state index in [-0.39, 0.29) is 18.2 Å². The first kappa shape index (κ1) is 24.4. The van der Waals surface area contributed by atoms with Crippen molar-refractivity contribution in [1.29, 1.82) is 0 Å². The number of hydrogen-bond donors (Lipinski definition) is 1. The monoisotopic (exact) mass is 447 g/mol. The van der Waals surface area contributed by atoms with Crippen molar-refractivity contribution in [2.24, 2.45) is 5.92 Å². The topological polar surface area (TPSA) is 70.0 Å². The minimum Gasteiger partial charge on any atom is -0.504 e. The number of ether oxygens (including phenoxy) is 4. The Labute approximate surface area is 189 Å². The third kappa shape index (κ3) is 5.44. The summed E-state index contributed by atoms with van der Waals surface area (Å²) in [6.07, 6.45) is 4.06. The number of phenols is 1. The van der Waals surface area contributed by atoms with Crippen LogP contribution < -0.4 is 18.9 Å². The zero-order valence-electron chi connectivity index (χ0n) is 18.6. The molecule has 168 valence electrons. The van der Waals surface area contributed by atoms with Gasteiger partial charge in [-0.15, -0.1) is 12.4 Å². The van der Waals surface area contributed by atoms with Crippen molar-refractivity contribution in [2.75, 3.05) is 27.4 Å². The minimum atomic E-state index is 0. The van der Waals surface area contributed by atoms with Gasteiger partial charge in [0.15, 0.2) is 23.0 Å². The molecule has 0 aliphatic rings. The molecule has 0 unspecified atom stereocenters. The molecule has 3 rings (SSSR count). The smallest absolute Gasteiger partial charge is 0.203 e. The van der Waals surface area contributed by atoms with E-state index >= 15 is 0 Å². The fourth-order valence-electron chi connectivity index (χ4n) is 3.35. The van der Waals surface area contributed by atoms with Crippen molar-refractivity contribution in [2.45, 2.75) is 27.2 Å². The van der Waals surface area contributed by atoms with Crippen molar-refractivity contribution < 1.29 is 24.1 Å². The zero-order chi connectivity index (χ0) is 21.7.